The van der Waals surface area contributed by atoms with E-state index in [4.69, 9.17) is 0 Å². The molecule has 2 bridgehead atoms. The van der Waals surface area contributed by atoms with Crippen LogP contribution < -0.4 is 5.56 Å². The van der Waals surface area contributed by atoms with Gasteiger partial charge in [-0.25, -0.2) is 4.98 Å². The standard InChI is InChI=1S/C19H22N4O2/c1-12-16(4-5-17(24)23-11-13-2-3-15(23)10-13)19(25)22-18(21-12)14-6-8-20-9-7-14/h6-9,13,15H,2-5,10-11H2,1H3,(H,21,22,25). The Hall–Kier alpha value is -2.50. The van der Waals surface area contributed by atoms with E-state index in [1.165, 1.54) is 6.42 Å². The van der Waals surface area contributed by atoms with E-state index < -0.39 is 0 Å². The molecule has 2 aromatic rings. The molecule has 6 nitrogen and oxygen atoms in total. The second-order valence-electron chi connectivity index (χ2n) is 7.09. The smallest absolute Gasteiger partial charge is 0.254 e. The van der Waals surface area contributed by atoms with Gasteiger partial charge in [0.25, 0.3) is 5.56 Å². The molecule has 6 heteroatoms. The minimum Gasteiger partial charge on any atom is -0.339 e. The Morgan fingerprint density at radius 2 is 2.12 bits per heavy atom. The van der Waals surface area contributed by atoms with Crippen molar-refractivity contribution in [3.63, 3.8) is 0 Å². The number of likely N-dealkylation sites (tertiary alicyclic amines) is 1. The predicted octanol–water partition coefficient (Wildman–Crippen LogP) is 2.08. The largest absolute Gasteiger partial charge is 0.339 e. The number of aryl methyl sites for hydroxylation is 1. The first-order chi connectivity index (χ1) is 12.1. The molecule has 1 amide bonds. The highest BCUT2D eigenvalue weighted by Crippen LogP contribution is 2.37. The van der Waals surface area contributed by atoms with Gasteiger partial charge in [0.15, 0.2) is 0 Å². The van der Waals surface area contributed by atoms with Gasteiger partial charge in [-0.05, 0) is 50.7 Å². The number of aromatic amines is 1. The summed E-state index contributed by atoms with van der Waals surface area (Å²) in [4.78, 5) is 38.3. The van der Waals surface area contributed by atoms with E-state index >= 15 is 0 Å². The number of nitrogens with one attached hydrogen (secondary N) is 1. The van der Waals surface area contributed by atoms with Crippen LogP contribution in [-0.4, -0.2) is 38.3 Å². The number of hydrogen-bond donors (Lipinski definition) is 1. The van der Waals surface area contributed by atoms with E-state index in [2.05, 4.69) is 15.0 Å². The van der Waals surface area contributed by atoms with Gasteiger partial charge < -0.3 is 9.88 Å². The van der Waals surface area contributed by atoms with Crippen molar-refractivity contribution in [3.8, 4) is 11.4 Å². The summed E-state index contributed by atoms with van der Waals surface area (Å²) < 4.78 is 0. The van der Waals surface area contributed by atoms with Crippen LogP contribution in [0.3, 0.4) is 0 Å². The molecule has 25 heavy (non-hydrogen) atoms. The predicted molar refractivity (Wildman–Crippen MR) is 94.0 cm³/mol. The molecule has 2 aliphatic rings. The van der Waals surface area contributed by atoms with E-state index in [9.17, 15) is 9.59 Å². The number of amides is 1. The highest BCUT2D eigenvalue weighted by molar-refractivity contribution is 5.77. The molecule has 4 rings (SSSR count). The molecular formula is C19H22N4O2. The fourth-order valence-electron chi connectivity index (χ4n) is 4.16. The third-order valence-corrected chi connectivity index (χ3v) is 5.49. The highest BCUT2D eigenvalue weighted by Gasteiger charge is 2.39. The maximum Gasteiger partial charge on any atom is 0.254 e. The fourth-order valence-corrected chi connectivity index (χ4v) is 4.16. The number of H-pyrrole nitrogens is 1. The summed E-state index contributed by atoms with van der Waals surface area (Å²) in [5.41, 5.74) is 1.96. The molecule has 2 unspecified atom stereocenters. The second kappa shape index (κ2) is 6.43. The third-order valence-electron chi connectivity index (χ3n) is 5.49. The van der Waals surface area contributed by atoms with Crippen LogP contribution in [0.25, 0.3) is 11.4 Å². The molecule has 0 aromatic carbocycles. The Balaban J connectivity index is 1.48. The van der Waals surface area contributed by atoms with E-state index in [1.807, 2.05) is 24.0 Å². The molecule has 1 aliphatic heterocycles. The first-order valence-electron chi connectivity index (χ1n) is 8.91. The Morgan fingerprint density at radius 3 is 2.76 bits per heavy atom. The summed E-state index contributed by atoms with van der Waals surface area (Å²) in [7, 11) is 0. The van der Waals surface area contributed by atoms with Gasteiger partial charge in [-0.1, -0.05) is 0 Å². The monoisotopic (exact) mass is 338 g/mol. The number of nitrogens with zero attached hydrogens (tertiary/aromatic N) is 3. The number of aromatic nitrogens is 3. The Labute approximate surface area is 146 Å². The van der Waals surface area contributed by atoms with Crippen LogP contribution in [0, 0.1) is 12.8 Å². The van der Waals surface area contributed by atoms with Gasteiger partial charge in [0.05, 0.1) is 0 Å². The number of piperidine rings is 1. The van der Waals surface area contributed by atoms with Crippen LogP contribution in [0.5, 0.6) is 0 Å². The van der Waals surface area contributed by atoms with Gasteiger partial charge in [0, 0.05) is 48.2 Å². The van der Waals surface area contributed by atoms with Gasteiger partial charge in [0.1, 0.15) is 5.82 Å². The molecule has 3 heterocycles. The number of carbonyl (C=O) groups excluding carboxylic acids is 1. The zero-order valence-electron chi connectivity index (χ0n) is 14.4. The molecule has 2 aromatic heterocycles. The van der Waals surface area contributed by atoms with Crippen LogP contribution in [0.2, 0.25) is 0 Å². The van der Waals surface area contributed by atoms with Crippen molar-refractivity contribution >= 4 is 5.91 Å². The average Bonchev–Trinajstić information content (AvgIpc) is 3.25. The minimum absolute atomic E-state index is 0.157. The van der Waals surface area contributed by atoms with Gasteiger partial charge in [0.2, 0.25) is 5.91 Å². The lowest BCUT2D eigenvalue weighted by Crippen LogP contribution is -2.38. The highest BCUT2D eigenvalue weighted by atomic mass is 16.2. The molecule has 1 saturated carbocycles. The van der Waals surface area contributed by atoms with Crippen molar-refractivity contribution in [1.29, 1.82) is 0 Å². The lowest BCUT2D eigenvalue weighted by Gasteiger charge is -2.27. The van der Waals surface area contributed by atoms with Crippen LogP contribution in [-0.2, 0) is 11.2 Å². The number of hydrogen-bond acceptors (Lipinski definition) is 4. The lowest BCUT2D eigenvalue weighted by atomic mass is 10.1. The molecule has 2 fully saturated rings. The molecule has 1 aliphatic carbocycles. The summed E-state index contributed by atoms with van der Waals surface area (Å²) in [6.07, 6.45) is 7.71. The van der Waals surface area contributed by atoms with Crippen molar-refractivity contribution in [3.05, 3.63) is 46.1 Å². The SMILES string of the molecule is Cc1nc(-c2ccncc2)[nH]c(=O)c1CCC(=O)N1CC2CCC1C2. The molecular weight excluding hydrogens is 316 g/mol. The summed E-state index contributed by atoms with van der Waals surface area (Å²) in [5, 5.41) is 0. The number of pyridine rings is 1. The molecule has 1 N–H and O–H groups in total. The van der Waals surface area contributed by atoms with Crippen LogP contribution in [0.1, 0.15) is 36.9 Å². The molecule has 2 atom stereocenters. The van der Waals surface area contributed by atoms with Gasteiger partial charge in [-0.3, -0.25) is 14.6 Å². The molecule has 130 valence electrons. The van der Waals surface area contributed by atoms with Gasteiger partial charge in [-0.15, -0.1) is 0 Å². The fraction of sp³-hybridized carbons (Fsp3) is 0.474. The van der Waals surface area contributed by atoms with E-state index in [0.717, 1.165) is 24.9 Å². The van der Waals surface area contributed by atoms with E-state index in [-0.39, 0.29) is 11.5 Å². The minimum atomic E-state index is -0.157. The quantitative estimate of drug-likeness (QED) is 0.926. The molecule has 1 saturated heterocycles. The van der Waals surface area contributed by atoms with Crippen LogP contribution in [0.15, 0.2) is 29.3 Å². The Bertz CT molecular complexity index is 846. The van der Waals surface area contributed by atoms with E-state index in [0.29, 0.717) is 41.9 Å². The van der Waals surface area contributed by atoms with Crippen LogP contribution >= 0.6 is 0 Å². The molecule has 0 radical (unpaired) electrons. The maximum absolute atomic E-state index is 12.5. The zero-order chi connectivity index (χ0) is 17.4. The van der Waals surface area contributed by atoms with Crippen molar-refractivity contribution in [2.75, 3.05) is 6.54 Å². The van der Waals surface area contributed by atoms with Crippen molar-refractivity contribution < 1.29 is 4.79 Å². The second-order valence-corrected chi connectivity index (χ2v) is 7.09. The van der Waals surface area contributed by atoms with E-state index in [1.54, 1.807) is 12.4 Å². The maximum atomic E-state index is 12.5. The molecule has 0 spiro atoms. The first kappa shape index (κ1) is 16.0. The first-order valence-corrected chi connectivity index (χ1v) is 8.91. The van der Waals surface area contributed by atoms with Crippen LogP contribution in [0.4, 0.5) is 0 Å². The Kier molecular flexibility index (Phi) is 4.11. The van der Waals surface area contributed by atoms with Crippen molar-refractivity contribution in [2.45, 2.75) is 45.1 Å². The number of rotatable bonds is 4. The third kappa shape index (κ3) is 3.08. The summed E-state index contributed by atoms with van der Waals surface area (Å²) in [5.74, 6) is 1.40. The average molecular weight is 338 g/mol. The zero-order valence-corrected chi connectivity index (χ0v) is 14.4. The van der Waals surface area contributed by atoms with Gasteiger partial charge in [-0.2, -0.15) is 0 Å². The normalized spacial score (nSPS) is 21.7. The number of carbonyl (C=O) groups is 1. The van der Waals surface area contributed by atoms with Crippen molar-refractivity contribution in [1.82, 2.24) is 19.9 Å². The summed E-state index contributed by atoms with van der Waals surface area (Å²) in [6, 6.07) is 4.05. The summed E-state index contributed by atoms with van der Waals surface area (Å²) in [6.45, 7) is 2.73. The number of fused-ring (bicyclic) bond motifs is 2. The Morgan fingerprint density at radius 1 is 1.32 bits per heavy atom. The summed E-state index contributed by atoms with van der Waals surface area (Å²) >= 11 is 0. The topological polar surface area (TPSA) is 79.0 Å². The van der Waals surface area contributed by atoms with Crippen molar-refractivity contribution in [2.24, 2.45) is 5.92 Å². The van der Waals surface area contributed by atoms with Gasteiger partial charge >= 0.3 is 0 Å². The lowest BCUT2D eigenvalue weighted by molar-refractivity contribution is -0.132.